The number of likely N-dealkylation sites (tertiary alicyclic amines) is 1. The number of aromatic nitrogens is 1. The number of carbonyl (C=O) groups is 1. The van der Waals surface area contributed by atoms with Gasteiger partial charge in [-0.3, -0.25) is 0 Å². The predicted molar refractivity (Wildman–Crippen MR) is 108 cm³/mol. The van der Waals surface area contributed by atoms with Crippen LogP contribution in [-0.2, 0) is 0 Å². The average molecular weight is 383 g/mol. The molecule has 0 radical (unpaired) electrons. The highest BCUT2D eigenvalue weighted by Gasteiger charge is 2.26. The lowest BCUT2D eigenvalue weighted by Gasteiger charge is -2.34. The van der Waals surface area contributed by atoms with Gasteiger partial charge < -0.3 is 26.0 Å². The molecule has 1 saturated heterocycles. The molecule has 9 heteroatoms. The fraction of sp³-hybridized carbons (Fsp3) is 0.368. The summed E-state index contributed by atoms with van der Waals surface area (Å²) in [5, 5.41) is 8.21. The standard InChI is InChI=1S/C19H25N7O2/c1-25(2)14-8-10-26(11-9-14)19(27)28-16-12-15(17(20)22-18(16)21)24-23-13-6-4-3-5-7-13/h3-7,12,14H,8-11H2,1-2H3,(H4,20,21,22)/b24-23+. The highest BCUT2D eigenvalue weighted by Crippen LogP contribution is 2.32. The number of nitrogens with zero attached hydrogens (tertiary/aromatic N) is 5. The number of pyridine rings is 1. The van der Waals surface area contributed by atoms with Gasteiger partial charge >= 0.3 is 6.09 Å². The highest BCUT2D eigenvalue weighted by atomic mass is 16.6. The molecule has 1 aliphatic heterocycles. The zero-order valence-corrected chi connectivity index (χ0v) is 16.1. The SMILES string of the molecule is CN(C)C1CCN(C(=O)Oc2cc(/N=N/c3ccccc3)c(N)nc2N)CC1. The Labute approximate surface area is 164 Å². The molecule has 0 bridgehead atoms. The number of amides is 1. The lowest BCUT2D eigenvalue weighted by atomic mass is 10.0. The number of hydrogen-bond acceptors (Lipinski definition) is 8. The van der Waals surface area contributed by atoms with E-state index in [9.17, 15) is 4.79 Å². The minimum Gasteiger partial charge on any atom is -0.406 e. The van der Waals surface area contributed by atoms with Gasteiger partial charge in [-0.1, -0.05) is 18.2 Å². The van der Waals surface area contributed by atoms with E-state index in [4.69, 9.17) is 16.2 Å². The summed E-state index contributed by atoms with van der Waals surface area (Å²) in [4.78, 5) is 20.4. The molecule has 1 amide bonds. The molecule has 4 N–H and O–H groups in total. The van der Waals surface area contributed by atoms with E-state index in [1.165, 1.54) is 6.07 Å². The van der Waals surface area contributed by atoms with Crippen molar-refractivity contribution in [1.29, 1.82) is 0 Å². The maximum absolute atomic E-state index is 12.5. The molecule has 1 aliphatic rings. The van der Waals surface area contributed by atoms with E-state index >= 15 is 0 Å². The normalized spacial score (nSPS) is 15.3. The molecule has 0 unspecified atom stereocenters. The van der Waals surface area contributed by atoms with E-state index in [-0.39, 0.29) is 23.1 Å². The van der Waals surface area contributed by atoms with E-state index in [0.717, 1.165) is 12.8 Å². The van der Waals surface area contributed by atoms with Crippen molar-refractivity contribution in [2.24, 2.45) is 10.2 Å². The van der Waals surface area contributed by atoms with E-state index in [1.807, 2.05) is 44.4 Å². The Balaban J connectivity index is 1.70. The molecule has 0 atom stereocenters. The Morgan fingerprint density at radius 3 is 2.46 bits per heavy atom. The predicted octanol–water partition coefficient (Wildman–Crippen LogP) is 3.19. The largest absolute Gasteiger partial charge is 0.415 e. The van der Waals surface area contributed by atoms with Crippen molar-refractivity contribution >= 4 is 29.1 Å². The van der Waals surface area contributed by atoms with E-state index < -0.39 is 6.09 Å². The number of benzene rings is 1. The smallest absolute Gasteiger partial charge is 0.406 e. The van der Waals surface area contributed by atoms with Crippen molar-refractivity contribution in [3.8, 4) is 5.75 Å². The van der Waals surface area contributed by atoms with Crippen molar-refractivity contribution in [3.05, 3.63) is 36.4 Å². The molecular weight excluding hydrogens is 358 g/mol. The number of nitrogens with two attached hydrogens (primary N) is 2. The third-order valence-corrected chi connectivity index (χ3v) is 4.70. The molecule has 28 heavy (non-hydrogen) atoms. The zero-order valence-electron chi connectivity index (χ0n) is 16.1. The molecule has 1 fully saturated rings. The maximum atomic E-state index is 12.5. The number of piperidine rings is 1. The van der Waals surface area contributed by atoms with E-state index in [0.29, 0.717) is 24.8 Å². The molecule has 0 spiro atoms. The molecule has 3 rings (SSSR count). The minimum absolute atomic E-state index is 0.0349. The van der Waals surface area contributed by atoms with Gasteiger partial charge in [0.1, 0.15) is 5.69 Å². The molecule has 148 valence electrons. The number of anilines is 2. The zero-order chi connectivity index (χ0) is 20.1. The summed E-state index contributed by atoms with van der Waals surface area (Å²) < 4.78 is 5.46. The van der Waals surface area contributed by atoms with E-state index in [2.05, 4.69) is 20.1 Å². The third kappa shape index (κ3) is 4.74. The van der Waals surface area contributed by atoms with Gasteiger partial charge in [-0.15, -0.1) is 5.11 Å². The summed E-state index contributed by atoms with van der Waals surface area (Å²) in [7, 11) is 4.09. The van der Waals surface area contributed by atoms with Crippen LogP contribution in [0.4, 0.5) is 27.8 Å². The number of rotatable bonds is 4. The van der Waals surface area contributed by atoms with Gasteiger partial charge in [0.2, 0.25) is 0 Å². The van der Waals surface area contributed by atoms with Crippen molar-refractivity contribution in [2.45, 2.75) is 18.9 Å². The van der Waals surface area contributed by atoms with Crippen LogP contribution >= 0.6 is 0 Å². The van der Waals surface area contributed by atoms with E-state index in [1.54, 1.807) is 4.90 Å². The first-order valence-electron chi connectivity index (χ1n) is 9.10. The Morgan fingerprint density at radius 2 is 1.82 bits per heavy atom. The van der Waals surface area contributed by atoms with Crippen LogP contribution in [0.25, 0.3) is 0 Å². The summed E-state index contributed by atoms with van der Waals surface area (Å²) >= 11 is 0. The van der Waals surface area contributed by atoms with Crippen LogP contribution in [0.3, 0.4) is 0 Å². The van der Waals surface area contributed by atoms with Gasteiger partial charge in [0, 0.05) is 25.2 Å². The van der Waals surface area contributed by atoms with Gasteiger partial charge in [0.15, 0.2) is 17.4 Å². The van der Waals surface area contributed by atoms with Gasteiger partial charge in [0.05, 0.1) is 5.69 Å². The second-order valence-electron chi connectivity index (χ2n) is 6.86. The number of azo groups is 1. The van der Waals surface area contributed by atoms with Crippen molar-refractivity contribution in [2.75, 3.05) is 38.7 Å². The summed E-state index contributed by atoms with van der Waals surface area (Å²) in [6, 6.07) is 11.2. The van der Waals surface area contributed by atoms with Crippen molar-refractivity contribution < 1.29 is 9.53 Å². The van der Waals surface area contributed by atoms with Gasteiger partial charge in [-0.05, 0) is 39.1 Å². The first kappa shape index (κ1) is 19.6. The Bertz CT molecular complexity index is 847. The first-order valence-corrected chi connectivity index (χ1v) is 9.10. The second-order valence-corrected chi connectivity index (χ2v) is 6.86. The minimum atomic E-state index is -0.457. The molecule has 2 aromatic rings. The van der Waals surface area contributed by atoms with Crippen LogP contribution < -0.4 is 16.2 Å². The van der Waals surface area contributed by atoms with Crippen molar-refractivity contribution in [3.63, 3.8) is 0 Å². The highest BCUT2D eigenvalue weighted by molar-refractivity contribution is 5.75. The maximum Gasteiger partial charge on any atom is 0.415 e. The van der Waals surface area contributed by atoms with Crippen LogP contribution in [0.1, 0.15) is 12.8 Å². The van der Waals surface area contributed by atoms with Gasteiger partial charge in [0.25, 0.3) is 0 Å². The molecular formula is C19H25N7O2. The van der Waals surface area contributed by atoms with Crippen LogP contribution in [0, 0.1) is 0 Å². The fourth-order valence-electron chi connectivity index (χ4n) is 3.01. The fourth-order valence-corrected chi connectivity index (χ4v) is 3.01. The number of ether oxygens (including phenoxy) is 1. The first-order chi connectivity index (χ1) is 13.4. The number of carbonyl (C=O) groups excluding carboxylic acids is 1. The lowest BCUT2D eigenvalue weighted by molar-refractivity contribution is 0.118. The second kappa shape index (κ2) is 8.66. The lowest BCUT2D eigenvalue weighted by Crippen LogP contribution is -2.45. The Kier molecular flexibility index (Phi) is 6.05. The third-order valence-electron chi connectivity index (χ3n) is 4.70. The summed E-state index contributed by atoms with van der Waals surface area (Å²) in [5.41, 5.74) is 12.7. The molecule has 0 aliphatic carbocycles. The molecule has 2 heterocycles. The molecule has 1 aromatic carbocycles. The average Bonchev–Trinajstić information content (AvgIpc) is 2.70. The molecule has 0 saturated carbocycles. The van der Waals surface area contributed by atoms with Crippen LogP contribution in [0.2, 0.25) is 0 Å². The quantitative estimate of drug-likeness (QED) is 0.782. The van der Waals surface area contributed by atoms with Gasteiger partial charge in [-0.2, -0.15) is 5.11 Å². The summed E-state index contributed by atoms with van der Waals surface area (Å²) in [6.45, 7) is 1.26. The van der Waals surface area contributed by atoms with Crippen LogP contribution in [0.5, 0.6) is 5.75 Å². The monoisotopic (exact) mass is 383 g/mol. The Hall–Kier alpha value is -3.20. The summed E-state index contributed by atoms with van der Waals surface area (Å²) in [6.07, 6.45) is 1.34. The molecule has 9 nitrogen and oxygen atoms in total. The molecule has 1 aromatic heterocycles. The Morgan fingerprint density at radius 1 is 1.14 bits per heavy atom. The van der Waals surface area contributed by atoms with Crippen LogP contribution in [0.15, 0.2) is 46.6 Å². The summed E-state index contributed by atoms with van der Waals surface area (Å²) in [5.74, 6) is 0.271. The topological polar surface area (TPSA) is 122 Å². The number of hydrogen-bond donors (Lipinski definition) is 2. The number of nitrogen functional groups attached to an aromatic ring is 2. The van der Waals surface area contributed by atoms with Gasteiger partial charge in [-0.25, -0.2) is 9.78 Å². The van der Waals surface area contributed by atoms with Crippen molar-refractivity contribution in [1.82, 2.24) is 14.8 Å². The van der Waals surface area contributed by atoms with Crippen LogP contribution in [-0.4, -0.2) is 54.1 Å².